The van der Waals surface area contributed by atoms with Crippen LogP contribution in [-0.4, -0.2) is 45.5 Å². The van der Waals surface area contributed by atoms with E-state index in [1.807, 2.05) is 0 Å². The monoisotopic (exact) mass is 263 g/mol. The topological polar surface area (TPSA) is 41.3 Å². The molecule has 0 radical (unpaired) electrons. The molecule has 1 atom stereocenters. The van der Waals surface area contributed by atoms with E-state index in [0.717, 1.165) is 36.7 Å². The van der Waals surface area contributed by atoms with Crippen LogP contribution in [0.5, 0.6) is 0 Å². The molecule has 1 N–H and O–H groups in total. The molecule has 0 spiro atoms. The lowest BCUT2D eigenvalue weighted by Gasteiger charge is -2.19. The Bertz CT molecular complexity index is 385. The zero-order valence-electron chi connectivity index (χ0n) is 9.90. The fourth-order valence-corrected chi connectivity index (χ4v) is 2.15. The molecule has 0 saturated carbocycles. The van der Waals surface area contributed by atoms with Gasteiger partial charge in [-0.1, -0.05) is 0 Å². The summed E-state index contributed by atoms with van der Waals surface area (Å²) in [7, 11) is 0. The molecule has 2 heterocycles. The van der Waals surface area contributed by atoms with Crippen molar-refractivity contribution >= 4 is 0 Å². The normalized spacial score (nSPS) is 19.3. The lowest BCUT2D eigenvalue weighted by molar-refractivity contribution is -0.141. The average molecular weight is 263 g/mol. The van der Waals surface area contributed by atoms with Crippen LogP contribution in [0.15, 0.2) is 12.3 Å². The van der Waals surface area contributed by atoms with Crippen molar-refractivity contribution in [2.45, 2.75) is 31.7 Å². The van der Waals surface area contributed by atoms with Gasteiger partial charge in [-0.3, -0.25) is 4.68 Å². The third kappa shape index (κ3) is 3.46. The van der Waals surface area contributed by atoms with Crippen LogP contribution in [0.3, 0.4) is 0 Å². The van der Waals surface area contributed by atoms with Gasteiger partial charge in [0.15, 0.2) is 5.69 Å². The average Bonchev–Trinajstić information content (AvgIpc) is 2.87. The summed E-state index contributed by atoms with van der Waals surface area (Å²) in [5.41, 5.74) is -0.920. The lowest BCUT2D eigenvalue weighted by atomic mass is 10.3. The number of β-amino-alcohol motifs (C(OH)–C–C–N with tert-alkyl or cyclic N) is 1. The molecule has 0 bridgehead atoms. The van der Waals surface area contributed by atoms with E-state index in [2.05, 4.69) is 10.00 Å². The number of aliphatic hydroxyl groups excluding tert-OH is 1. The molecule has 18 heavy (non-hydrogen) atoms. The highest BCUT2D eigenvalue weighted by Crippen LogP contribution is 2.27. The molecule has 1 aliphatic heterocycles. The zero-order chi connectivity index (χ0) is 13.2. The van der Waals surface area contributed by atoms with E-state index in [-0.39, 0.29) is 6.54 Å². The molecule has 1 fully saturated rings. The minimum Gasteiger partial charge on any atom is -0.390 e. The summed E-state index contributed by atoms with van der Waals surface area (Å²) in [4.78, 5) is 2.11. The largest absolute Gasteiger partial charge is 0.435 e. The van der Waals surface area contributed by atoms with Gasteiger partial charge in [0.1, 0.15) is 0 Å². The molecular weight excluding hydrogens is 247 g/mol. The molecule has 1 aromatic heterocycles. The molecule has 0 aromatic carbocycles. The van der Waals surface area contributed by atoms with Crippen molar-refractivity contribution in [2.24, 2.45) is 0 Å². The quantitative estimate of drug-likeness (QED) is 0.891. The minimum atomic E-state index is -4.43. The molecule has 1 aromatic rings. The summed E-state index contributed by atoms with van der Waals surface area (Å²) in [6, 6.07) is 0.919. The Morgan fingerprint density at radius 2 is 1.94 bits per heavy atom. The Balaban J connectivity index is 1.86. The van der Waals surface area contributed by atoms with Crippen molar-refractivity contribution in [1.82, 2.24) is 14.7 Å². The summed E-state index contributed by atoms with van der Waals surface area (Å²) >= 11 is 0. The van der Waals surface area contributed by atoms with E-state index in [1.54, 1.807) is 0 Å². The molecule has 0 unspecified atom stereocenters. The van der Waals surface area contributed by atoms with E-state index < -0.39 is 18.0 Å². The van der Waals surface area contributed by atoms with Crippen molar-refractivity contribution in [3.8, 4) is 0 Å². The van der Waals surface area contributed by atoms with Crippen molar-refractivity contribution in [3.05, 3.63) is 18.0 Å². The van der Waals surface area contributed by atoms with Gasteiger partial charge in [-0.15, -0.1) is 0 Å². The Kier molecular flexibility index (Phi) is 3.91. The summed E-state index contributed by atoms with van der Waals surface area (Å²) < 4.78 is 38.1. The van der Waals surface area contributed by atoms with Gasteiger partial charge >= 0.3 is 6.18 Å². The highest BCUT2D eigenvalue weighted by atomic mass is 19.4. The number of hydrogen-bond donors (Lipinski definition) is 1. The summed E-state index contributed by atoms with van der Waals surface area (Å²) in [6.45, 7) is 2.47. The van der Waals surface area contributed by atoms with Crippen LogP contribution < -0.4 is 0 Å². The number of hydrogen-bond acceptors (Lipinski definition) is 3. The predicted octanol–water partition coefficient (Wildman–Crippen LogP) is 1.36. The number of likely N-dealkylation sites (tertiary alicyclic amines) is 1. The van der Waals surface area contributed by atoms with Crippen molar-refractivity contribution in [1.29, 1.82) is 0 Å². The zero-order valence-corrected chi connectivity index (χ0v) is 9.90. The maximum Gasteiger partial charge on any atom is 0.435 e. The number of halogens is 3. The summed E-state index contributed by atoms with van der Waals surface area (Å²) in [5.74, 6) is 0. The van der Waals surface area contributed by atoms with E-state index in [0.29, 0.717) is 6.54 Å². The third-order valence-corrected chi connectivity index (χ3v) is 3.00. The second-order valence-corrected chi connectivity index (χ2v) is 4.58. The predicted molar refractivity (Wildman–Crippen MR) is 58.9 cm³/mol. The first-order valence-electron chi connectivity index (χ1n) is 5.96. The van der Waals surface area contributed by atoms with Crippen LogP contribution >= 0.6 is 0 Å². The van der Waals surface area contributed by atoms with E-state index in [9.17, 15) is 18.3 Å². The number of aliphatic hydroxyl groups is 1. The van der Waals surface area contributed by atoms with Crippen LogP contribution in [0.1, 0.15) is 18.5 Å². The maximum absolute atomic E-state index is 12.3. The van der Waals surface area contributed by atoms with Gasteiger partial charge in [0.25, 0.3) is 0 Å². The molecule has 102 valence electrons. The van der Waals surface area contributed by atoms with Crippen LogP contribution in [0.25, 0.3) is 0 Å². The highest BCUT2D eigenvalue weighted by molar-refractivity contribution is 5.03. The highest BCUT2D eigenvalue weighted by Gasteiger charge is 2.33. The molecule has 0 amide bonds. The Labute approximate surface area is 103 Å². The lowest BCUT2D eigenvalue weighted by Crippen LogP contribution is -2.32. The van der Waals surface area contributed by atoms with Gasteiger partial charge in [0.05, 0.1) is 12.6 Å². The van der Waals surface area contributed by atoms with Gasteiger partial charge in [0, 0.05) is 12.7 Å². The second kappa shape index (κ2) is 5.27. The maximum atomic E-state index is 12.3. The van der Waals surface area contributed by atoms with Gasteiger partial charge in [-0.05, 0) is 32.0 Å². The number of rotatable bonds is 4. The molecule has 1 saturated heterocycles. The number of aromatic nitrogens is 2. The Morgan fingerprint density at radius 1 is 1.28 bits per heavy atom. The van der Waals surface area contributed by atoms with Gasteiger partial charge < -0.3 is 10.0 Å². The molecule has 1 aliphatic rings. The first-order chi connectivity index (χ1) is 8.45. The van der Waals surface area contributed by atoms with Gasteiger partial charge in [-0.2, -0.15) is 18.3 Å². The van der Waals surface area contributed by atoms with Crippen molar-refractivity contribution in [2.75, 3.05) is 19.6 Å². The van der Waals surface area contributed by atoms with Crippen LogP contribution in [0.2, 0.25) is 0 Å². The Morgan fingerprint density at radius 3 is 2.50 bits per heavy atom. The fraction of sp³-hybridized carbons (Fsp3) is 0.727. The van der Waals surface area contributed by atoms with Gasteiger partial charge in [-0.25, -0.2) is 0 Å². The molecular formula is C11H16F3N3O. The smallest absolute Gasteiger partial charge is 0.390 e. The minimum absolute atomic E-state index is 0.0899. The first kappa shape index (κ1) is 13.4. The van der Waals surface area contributed by atoms with E-state index in [1.165, 1.54) is 6.20 Å². The van der Waals surface area contributed by atoms with Crippen molar-refractivity contribution in [3.63, 3.8) is 0 Å². The third-order valence-electron chi connectivity index (χ3n) is 3.00. The van der Waals surface area contributed by atoms with Crippen molar-refractivity contribution < 1.29 is 18.3 Å². The summed E-state index contributed by atoms with van der Waals surface area (Å²) in [6.07, 6.45) is -1.63. The molecule has 0 aliphatic carbocycles. The number of alkyl halides is 3. The standard InChI is InChI=1S/C11H16F3N3O/c12-11(13,14)10-3-6-17(15-10)8-9(18)7-16-4-1-2-5-16/h3,6,9,18H,1-2,4-5,7-8H2/t9-/m1/s1. The second-order valence-electron chi connectivity index (χ2n) is 4.58. The Hall–Kier alpha value is -1.08. The molecule has 2 rings (SSSR count). The van der Waals surface area contributed by atoms with Crippen LogP contribution in [0, 0.1) is 0 Å². The summed E-state index contributed by atoms with van der Waals surface area (Å²) in [5, 5.41) is 13.2. The van der Waals surface area contributed by atoms with Crippen LogP contribution in [0.4, 0.5) is 13.2 Å². The van der Waals surface area contributed by atoms with E-state index >= 15 is 0 Å². The first-order valence-corrected chi connectivity index (χ1v) is 5.96. The SMILES string of the molecule is O[C@H](CN1CCCC1)Cn1ccc(C(F)(F)F)n1. The number of nitrogens with zero attached hydrogens (tertiary/aromatic N) is 3. The van der Waals surface area contributed by atoms with E-state index in [4.69, 9.17) is 0 Å². The van der Waals surface area contributed by atoms with Gasteiger partial charge in [0.2, 0.25) is 0 Å². The van der Waals surface area contributed by atoms with Crippen LogP contribution in [-0.2, 0) is 12.7 Å². The molecule has 7 heteroatoms. The fourth-order valence-electron chi connectivity index (χ4n) is 2.15. The molecule has 4 nitrogen and oxygen atoms in total.